The summed E-state index contributed by atoms with van der Waals surface area (Å²) >= 11 is 0. The maximum atomic E-state index is 12.9. The van der Waals surface area contributed by atoms with Crippen LogP contribution in [-0.2, 0) is 11.3 Å². The number of hydrogen-bond donors (Lipinski definition) is 2. The summed E-state index contributed by atoms with van der Waals surface area (Å²) in [5.41, 5.74) is 0. The van der Waals surface area contributed by atoms with E-state index in [1.807, 2.05) is 6.92 Å². The standard InChI is InChI=1S/C12H18F4N4O/c1-3-4-17-8-5-9(20-10(19-8)6-21-2)18-7-12(15,16)11(13)14/h5,11H,3-4,6-7H2,1-2H3,(H2,17,18,19,20). The third-order valence-corrected chi connectivity index (χ3v) is 2.43. The van der Waals surface area contributed by atoms with Gasteiger partial charge in [0, 0.05) is 19.7 Å². The number of anilines is 2. The molecule has 0 fully saturated rings. The van der Waals surface area contributed by atoms with Gasteiger partial charge in [0.25, 0.3) is 0 Å². The zero-order valence-corrected chi connectivity index (χ0v) is 11.8. The molecule has 0 radical (unpaired) electrons. The lowest BCUT2D eigenvalue weighted by molar-refractivity contribution is -0.117. The van der Waals surface area contributed by atoms with Gasteiger partial charge < -0.3 is 15.4 Å². The Balaban J connectivity index is 2.82. The van der Waals surface area contributed by atoms with Gasteiger partial charge in [0.2, 0.25) is 0 Å². The Morgan fingerprint density at radius 3 is 2.38 bits per heavy atom. The molecular formula is C12H18F4N4O. The monoisotopic (exact) mass is 310 g/mol. The maximum absolute atomic E-state index is 12.9. The van der Waals surface area contributed by atoms with E-state index in [0.717, 1.165) is 6.42 Å². The highest BCUT2D eigenvalue weighted by molar-refractivity contribution is 5.47. The minimum Gasteiger partial charge on any atom is -0.377 e. The van der Waals surface area contributed by atoms with Crippen LogP contribution in [0.1, 0.15) is 19.2 Å². The second-order valence-corrected chi connectivity index (χ2v) is 4.33. The lowest BCUT2D eigenvalue weighted by Crippen LogP contribution is -2.35. The van der Waals surface area contributed by atoms with Crippen molar-refractivity contribution < 1.29 is 22.3 Å². The van der Waals surface area contributed by atoms with E-state index in [1.54, 1.807) is 0 Å². The summed E-state index contributed by atoms with van der Waals surface area (Å²) in [6.45, 7) is 1.46. The van der Waals surface area contributed by atoms with Gasteiger partial charge in [-0.05, 0) is 6.42 Å². The lowest BCUT2D eigenvalue weighted by atomic mass is 10.3. The molecule has 0 aliphatic heterocycles. The molecular weight excluding hydrogens is 292 g/mol. The molecule has 0 atom stereocenters. The fourth-order valence-corrected chi connectivity index (χ4v) is 1.41. The molecule has 21 heavy (non-hydrogen) atoms. The van der Waals surface area contributed by atoms with Crippen LogP contribution in [0.3, 0.4) is 0 Å². The third kappa shape index (κ3) is 5.70. The zero-order valence-electron chi connectivity index (χ0n) is 11.8. The summed E-state index contributed by atoms with van der Waals surface area (Å²) < 4.78 is 54.9. The Morgan fingerprint density at radius 1 is 1.24 bits per heavy atom. The van der Waals surface area contributed by atoms with Crippen molar-refractivity contribution in [1.82, 2.24) is 9.97 Å². The van der Waals surface area contributed by atoms with Crippen LogP contribution in [0.25, 0.3) is 0 Å². The molecule has 0 aliphatic carbocycles. The van der Waals surface area contributed by atoms with E-state index in [1.165, 1.54) is 13.2 Å². The Hall–Kier alpha value is -1.64. The van der Waals surface area contributed by atoms with Crippen LogP contribution in [0.4, 0.5) is 29.2 Å². The van der Waals surface area contributed by atoms with Crippen LogP contribution in [0.5, 0.6) is 0 Å². The Morgan fingerprint density at radius 2 is 1.86 bits per heavy atom. The number of nitrogens with zero attached hydrogens (tertiary/aromatic N) is 2. The Kier molecular flexibility index (Phi) is 6.60. The quantitative estimate of drug-likeness (QED) is 0.687. The highest BCUT2D eigenvalue weighted by Gasteiger charge is 2.40. The maximum Gasteiger partial charge on any atom is 0.324 e. The fourth-order valence-electron chi connectivity index (χ4n) is 1.41. The lowest BCUT2D eigenvalue weighted by Gasteiger charge is -2.17. The normalized spacial score (nSPS) is 11.8. The van der Waals surface area contributed by atoms with Gasteiger partial charge in [-0.3, -0.25) is 0 Å². The van der Waals surface area contributed by atoms with Gasteiger partial charge >= 0.3 is 12.3 Å². The molecule has 0 unspecified atom stereocenters. The minimum atomic E-state index is -4.12. The van der Waals surface area contributed by atoms with Crippen LogP contribution in [0.2, 0.25) is 0 Å². The number of alkyl halides is 4. The SMILES string of the molecule is CCCNc1cc(NCC(F)(F)C(F)F)nc(COC)n1. The summed E-state index contributed by atoms with van der Waals surface area (Å²) in [6, 6.07) is 1.39. The molecule has 0 amide bonds. The molecule has 0 aromatic carbocycles. The van der Waals surface area contributed by atoms with Gasteiger partial charge in [-0.15, -0.1) is 0 Å². The van der Waals surface area contributed by atoms with Crippen LogP contribution in [0.15, 0.2) is 6.07 Å². The van der Waals surface area contributed by atoms with Crippen molar-refractivity contribution in [2.75, 3.05) is 30.8 Å². The third-order valence-electron chi connectivity index (χ3n) is 2.43. The van der Waals surface area contributed by atoms with Crippen molar-refractivity contribution in [1.29, 1.82) is 0 Å². The first-order valence-electron chi connectivity index (χ1n) is 6.39. The average Bonchev–Trinajstić information content (AvgIpc) is 2.43. The van der Waals surface area contributed by atoms with Crippen LogP contribution >= 0.6 is 0 Å². The fraction of sp³-hybridized carbons (Fsp3) is 0.667. The van der Waals surface area contributed by atoms with E-state index in [-0.39, 0.29) is 18.2 Å². The largest absolute Gasteiger partial charge is 0.377 e. The number of halogens is 4. The van der Waals surface area contributed by atoms with Gasteiger partial charge in [-0.1, -0.05) is 6.92 Å². The van der Waals surface area contributed by atoms with E-state index in [4.69, 9.17) is 4.74 Å². The smallest absolute Gasteiger partial charge is 0.324 e. The molecule has 9 heteroatoms. The first-order valence-corrected chi connectivity index (χ1v) is 6.39. The molecule has 0 saturated heterocycles. The molecule has 1 aromatic heterocycles. The first kappa shape index (κ1) is 17.4. The highest BCUT2D eigenvalue weighted by Crippen LogP contribution is 2.23. The Bertz CT molecular complexity index is 445. The van der Waals surface area contributed by atoms with Crippen molar-refractivity contribution in [3.63, 3.8) is 0 Å². The summed E-state index contributed by atoms with van der Waals surface area (Å²) in [4.78, 5) is 8.05. The van der Waals surface area contributed by atoms with Crippen molar-refractivity contribution >= 4 is 11.6 Å². The molecule has 0 spiro atoms. The molecule has 2 N–H and O–H groups in total. The van der Waals surface area contributed by atoms with Gasteiger partial charge in [0.1, 0.15) is 18.2 Å². The molecule has 0 aliphatic rings. The topological polar surface area (TPSA) is 59.1 Å². The number of hydrogen-bond acceptors (Lipinski definition) is 5. The van der Waals surface area contributed by atoms with Crippen LogP contribution in [0, 0.1) is 0 Å². The second kappa shape index (κ2) is 7.96. The minimum absolute atomic E-state index is 0.0379. The van der Waals surface area contributed by atoms with Crippen LogP contribution in [-0.4, -0.2) is 42.5 Å². The predicted molar refractivity (Wildman–Crippen MR) is 71.0 cm³/mol. The van der Waals surface area contributed by atoms with E-state index < -0.39 is 18.9 Å². The van der Waals surface area contributed by atoms with Crippen molar-refractivity contribution in [2.24, 2.45) is 0 Å². The van der Waals surface area contributed by atoms with Gasteiger partial charge in [0.15, 0.2) is 5.82 Å². The highest BCUT2D eigenvalue weighted by atomic mass is 19.3. The van der Waals surface area contributed by atoms with Crippen molar-refractivity contribution in [2.45, 2.75) is 32.3 Å². The van der Waals surface area contributed by atoms with Gasteiger partial charge in [-0.25, -0.2) is 18.7 Å². The number of ether oxygens (including phenoxy) is 1. The molecule has 1 heterocycles. The molecule has 120 valence electrons. The number of methoxy groups -OCH3 is 1. The summed E-state index contributed by atoms with van der Waals surface area (Å²) in [5.74, 6) is -3.40. The molecule has 0 bridgehead atoms. The van der Waals surface area contributed by atoms with Crippen molar-refractivity contribution in [3.05, 3.63) is 11.9 Å². The number of rotatable bonds is 9. The van der Waals surface area contributed by atoms with E-state index in [0.29, 0.717) is 12.4 Å². The molecule has 1 aromatic rings. The average molecular weight is 310 g/mol. The van der Waals surface area contributed by atoms with E-state index in [2.05, 4.69) is 20.6 Å². The summed E-state index contributed by atoms with van der Waals surface area (Å²) in [7, 11) is 1.44. The van der Waals surface area contributed by atoms with Gasteiger partial charge in [0.05, 0.1) is 6.54 Å². The Labute approximate surface area is 120 Å². The van der Waals surface area contributed by atoms with Crippen LogP contribution < -0.4 is 10.6 Å². The van der Waals surface area contributed by atoms with E-state index in [9.17, 15) is 17.6 Å². The predicted octanol–water partition coefficient (Wildman–Crippen LogP) is 2.76. The zero-order chi connectivity index (χ0) is 15.9. The number of aromatic nitrogens is 2. The molecule has 1 rings (SSSR count). The van der Waals surface area contributed by atoms with Gasteiger partial charge in [-0.2, -0.15) is 8.78 Å². The van der Waals surface area contributed by atoms with Crippen molar-refractivity contribution in [3.8, 4) is 0 Å². The van der Waals surface area contributed by atoms with E-state index >= 15 is 0 Å². The first-order chi connectivity index (χ1) is 9.89. The number of nitrogens with one attached hydrogen (secondary N) is 2. The second-order valence-electron chi connectivity index (χ2n) is 4.33. The summed E-state index contributed by atoms with van der Waals surface area (Å²) in [5, 5.41) is 5.18. The molecule has 0 saturated carbocycles. The summed E-state index contributed by atoms with van der Waals surface area (Å²) in [6.07, 6.45) is -2.89. The molecule has 5 nitrogen and oxygen atoms in total.